The molecule has 2 aromatic rings. The summed E-state index contributed by atoms with van der Waals surface area (Å²) in [4.78, 5) is 23.9. The largest absolute Gasteiger partial charge is 0.454 e. The fraction of sp³-hybridized carbons (Fsp3) is 0.300. The molecule has 0 N–H and O–H groups in total. The van der Waals surface area contributed by atoms with Crippen LogP contribution in [-0.4, -0.2) is 32.5 Å². The maximum absolute atomic E-state index is 12.5. The van der Waals surface area contributed by atoms with Gasteiger partial charge in [-0.3, -0.25) is 4.79 Å². The molecule has 28 heavy (non-hydrogen) atoms. The summed E-state index contributed by atoms with van der Waals surface area (Å²) in [5.41, 5.74) is 4.26. The topological polar surface area (TPSA) is 77.5 Å². The van der Waals surface area contributed by atoms with Gasteiger partial charge in [-0.05, 0) is 80.3 Å². The van der Waals surface area contributed by atoms with E-state index in [0.29, 0.717) is 5.56 Å². The van der Waals surface area contributed by atoms with Gasteiger partial charge in [0.25, 0.3) is 0 Å². The molecular formula is C20H20F2O5S. The SMILES string of the molecule is Cc1cc(C(=O)COC(=O)c2ccc(S(=O)(=O)C(F)F)cc2)c(C)c(C)c1C. The lowest BCUT2D eigenvalue weighted by molar-refractivity contribution is 0.0474. The summed E-state index contributed by atoms with van der Waals surface area (Å²) >= 11 is 0. The normalized spacial score (nSPS) is 11.5. The van der Waals surface area contributed by atoms with E-state index in [4.69, 9.17) is 4.74 Å². The van der Waals surface area contributed by atoms with Crippen LogP contribution in [-0.2, 0) is 14.6 Å². The van der Waals surface area contributed by atoms with Gasteiger partial charge < -0.3 is 4.74 Å². The summed E-state index contributed by atoms with van der Waals surface area (Å²) in [6, 6.07) is 5.67. The third-order valence-electron chi connectivity index (χ3n) is 4.77. The van der Waals surface area contributed by atoms with E-state index in [1.165, 1.54) is 0 Å². The Hall–Kier alpha value is -2.61. The second-order valence-corrected chi connectivity index (χ2v) is 8.36. The number of hydrogen-bond donors (Lipinski definition) is 0. The van der Waals surface area contributed by atoms with Crippen molar-refractivity contribution in [3.8, 4) is 0 Å². The van der Waals surface area contributed by atoms with Crippen molar-refractivity contribution in [3.63, 3.8) is 0 Å². The van der Waals surface area contributed by atoms with E-state index in [1.54, 1.807) is 6.07 Å². The highest BCUT2D eigenvalue weighted by atomic mass is 32.2. The summed E-state index contributed by atoms with van der Waals surface area (Å²) in [5, 5.41) is 0. The quantitative estimate of drug-likeness (QED) is 0.532. The van der Waals surface area contributed by atoms with Gasteiger partial charge in [0.15, 0.2) is 6.61 Å². The van der Waals surface area contributed by atoms with Crippen molar-refractivity contribution in [1.82, 2.24) is 0 Å². The molecule has 0 aliphatic carbocycles. The lowest BCUT2D eigenvalue weighted by atomic mass is 9.93. The number of rotatable bonds is 6. The van der Waals surface area contributed by atoms with Gasteiger partial charge in [-0.2, -0.15) is 8.78 Å². The first-order chi connectivity index (χ1) is 13.0. The number of hydrogen-bond acceptors (Lipinski definition) is 5. The third kappa shape index (κ3) is 4.27. The summed E-state index contributed by atoms with van der Waals surface area (Å²) < 4.78 is 52.8. The van der Waals surface area contributed by atoms with Crippen LogP contribution >= 0.6 is 0 Å². The number of alkyl halides is 2. The molecule has 8 heteroatoms. The molecule has 0 aliphatic heterocycles. The number of ether oxygens (including phenoxy) is 1. The number of ketones is 1. The van der Waals surface area contributed by atoms with Crippen LogP contribution in [0.5, 0.6) is 0 Å². The van der Waals surface area contributed by atoms with E-state index in [-0.39, 0.29) is 11.3 Å². The third-order valence-corrected chi connectivity index (χ3v) is 6.17. The van der Waals surface area contributed by atoms with Crippen molar-refractivity contribution in [3.05, 3.63) is 63.7 Å². The minimum atomic E-state index is -4.74. The van der Waals surface area contributed by atoms with Crippen LogP contribution < -0.4 is 0 Å². The number of carbonyl (C=O) groups is 2. The fourth-order valence-electron chi connectivity index (χ4n) is 2.68. The molecule has 0 unspecified atom stereocenters. The molecule has 0 radical (unpaired) electrons. The van der Waals surface area contributed by atoms with Gasteiger partial charge in [-0.25, -0.2) is 13.2 Å². The highest BCUT2D eigenvalue weighted by Crippen LogP contribution is 2.22. The standard InChI is InChI=1S/C20H20F2O5S/c1-11-9-17(14(4)13(3)12(11)2)18(23)10-27-19(24)15-5-7-16(8-6-15)28(25,26)20(21)22/h5-9,20H,10H2,1-4H3. The fourth-order valence-corrected chi connectivity index (χ4v) is 3.40. The summed E-state index contributed by atoms with van der Waals surface area (Å²) in [6.07, 6.45) is 0. The van der Waals surface area contributed by atoms with Crippen molar-refractivity contribution in [2.24, 2.45) is 0 Å². The van der Waals surface area contributed by atoms with Crippen LogP contribution in [0.1, 0.15) is 43.0 Å². The van der Waals surface area contributed by atoms with Crippen molar-refractivity contribution >= 4 is 21.6 Å². The minimum Gasteiger partial charge on any atom is -0.454 e. The average molecular weight is 410 g/mol. The van der Waals surface area contributed by atoms with Gasteiger partial charge in [-0.1, -0.05) is 0 Å². The van der Waals surface area contributed by atoms with Crippen LogP contribution in [0.3, 0.4) is 0 Å². The van der Waals surface area contributed by atoms with Gasteiger partial charge in [-0.15, -0.1) is 0 Å². The number of benzene rings is 2. The lowest BCUT2D eigenvalue weighted by Crippen LogP contribution is -2.16. The van der Waals surface area contributed by atoms with E-state index in [0.717, 1.165) is 46.5 Å². The number of Topliss-reactive ketones (excluding diaryl/α,β-unsaturated/α-hetero) is 1. The Morgan fingerprint density at radius 3 is 2.07 bits per heavy atom. The first-order valence-corrected chi connectivity index (χ1v) is 9.91. The molecule has 0 aliphatic rings. The molecule has 0 bridgehead atoms. The Kier molecular flexibility index (Phi) is 6.34. The monoisotopic (exact) mass is 410 g/mol. The Balaban J connectivity index is 2.12. The summed E-state index contributed by atoms with van der Waals surface area (Å²) in [5.74, 6) is -4.77. The number of esters is 1. The Bertz CT molecular complexity index is 1030. The average Bonchev–Trinajstić information content (AvgIpc) is 2.66. The highest BCUT2D eigenvalue weighted by Gasteiger charge is 2.26. The highest BCUT2D eigenvalue weighted by molar-refractivity contribution is 7.91. The molecule has 0 heterocycles. The zero-order valence-electron chi connectivity index (χ0n) is 15.9. The van der Waals surface area contributed by atoms with Gasteiger partial charge in [0.2, 0.25) is 15.6 Å². The van der Waals surface area contributed by atoms with Gasteiger partial charge in [0.1, 0.15) is 0 Å². The Morgan fingerprint density at radius 2 is 1.54 bits per heavy atom. The first-order valence-electron chi connectivity index (χ1n) is 8.36. The van der Waals surface area contributed by atoms with Crippen LogP contribution in [0.2, 0.25) is 0 Å². The number of carbonyl (C=O) groups excluding carboxylic acids is 2. The number of halogens is 2. The first kappa shape index (κ1) is 21.7. The van der Waals surface area contributed by atoms with Gasteiger partial charge in [0.05, 0.1) is 10.5 Å². The predicted octanol–water partition coefficient (Wildman–Crippen LogP) is 3.96. The number of sulfone groups is 1. The Labute approximate surface area is 162 Å². The zero-order valence-corrected chi connectivity index (χ0v) is 16.7. The van der Waals surface area contributed by atoms with E-state index in [2.05, 4.69) is 0 Å². The van der Waals surface area contributed by atoms with Crippen LogP contribution in [0.25, 0.3) is 0 Å². The lowest BCUT2D eigenvalue weighted by Gasteiger charge is -2.13. The van der Waals surface area contributed by atoms with E-state index < -0.39 is 33.1 Å². The molecular weight excluding hydrogens is 390 g/mol. The van der Waals surface area contributed by atoms with Crippen molar-refractivity contribution < 1.29 is 31.5 Å². The molecule has 0 saturated heterocycles. The van der Waals surface area contributed by atoms with Gasteiger partial charge in [0, 0.05) is 5.56 Å². The van der Waals surface area contributed by atoms with E-state index in [9.17, 15) is 26.8 Å². The maximum atomic E-state index is 12.5. The summed E-state index contributed by atoms with van der Waals surface area (Å²) in [6.45, 7) is 7.09. The number of aryl methyl sites for hydroxylation is 1. The minimum absolute atomic E-state index is 0.0472. The molecule has 0 amide bonds. The van der Waals surface area contributed by atoms with Crippen molar-refractivity contribution in [2.75, 3.05) is 6.61 Å². The van der Waals surface area contributed by atoms with Crippen molar-refractivity contribution in [1.29, 1.82) is 0 Å². The van der Waals surface area contributed by atoms with E-state index >= 15 is 0 Å². The molecule has 0 fully saturated rings. The van der Waals surface area contributed by atoms with E-state index in [1.807, 2.05) is 27.7 Å². The smallest absolute Gasteiger partial charge is 0.341 e. The zero-order chi connectivity index (χ0) is 21.2. The molecule has 150 valence electrons. The van der Waals surface area contributed by atoms with Crippen LogP contribution in [0.15, 0.2) is 35.2 Å². The molecule has 0 saturated carbocycles. The molecule has 0 aromatic heterocycles. The van der Waals surface area contributed by atoms with Gasteiger partial charge >= 0.3 is 11.7 Å². The second kappa shape index (κ2) is 8.18. The predicted molar refractivity (Wildman–Crippen MR) is 99.6 cm³/mol. The van der Waals surface area contributed by atoms with Crippen LogP contribution in [0, 0.1) is 27.7 Å². The molecule has 2 aromatic carbocycles. The van der Waals surface area contributed by atoms with Crippen LogP contribution in [0.4, 0.5) is 8.78 Å². The molecule has 0 spiro atoms. The second-order valence-electron chi connectivity index (χ2n) is 6.45. The molecule has 5 nitrogen and oxygen atoms in total. The maximum Gasteiger partial charge on any atom is 0.341 e. The Morgan fingerprint density at radius 1 is 0.964 bits per heavy atom. The summed E-state index contributed by atoms with van der Waals surface area (Å²) in [7, 11) is -4.74. The van der Waals surface area contributed by atoms with Crippen molar-refractivity contribution in [2.45, 2.75) is 38.3 Å². The molecule has 2 rings (SSSR count). The molecule has 0 atom stereocenters.